The highest BCUT2D eigenvalue weighted by atomic mass is 33.1. The molecule has 186 valence electrons. The van der Waals surface area contributed by atoms with Crippen LogP contribution >= 0.6 is 21.6 Å². The molecule has 0 bridgehead atoms. The number of hydrogen-bond donors (Lipinski definition) is 0. The van der Waals surface area contributed by atoms with E-state index in [0.29, 0.717) is 0 Å². The molecule has 0 aliphatic carbocycles. The molecule has 0 heterocycles. The van der Waals surface area contributed by atoms with Gasteiger partial charge < -0.3 is 9.47 Å². The van der Waals surface area contributed by atoms with E-state index < -0.39 is 0 Å². The summed E-state index contributed by atoms with van der Waals surface area (Å²) in [6.45, 7) is 4.53. The molecule has 4 rings (SSSR count). The Morgan fingerprint density at radius 3 is 1.25 bits per heavy atom. The summed E-state index contributed by atoms with van der Waals surface area (Å²) in [5.74, 6) is 1.90. The lowest BCUT2D eigenvalue weighted by molar-refractivity contribution is 0.409. The highest BCUT2D eigenvalue weighted by molar-refractivity contribution is 8.76. The van der Waals surface area contributed by atoms with E-state index in [2.05, 4.69) is 111 Å². The predicted octanol–water partition coefficient (Wildman–Crippen LogP) is 10.0. The first kappa shape index (κ1) is 26.2. The Morgan fingerprint density at radius 1 is 0.528 bits per heavy atom. The molecule has 0 aliphatic rings. The Bertz CT molecular complexity index is 1140. The molecule has 4 heteroatoms. The summed E-state index contributed by atoms with van der Waals surface area (Å²) in [4.78, 5) is 0. The summed E-state index contributed by atoms with van der Waals surface area (Å²) >= 11 is 0. The molecule has 0 spiro atoms. The van der Waals surface area contributed by atoms with Gasteiger partial charge in [0.2, 0.25) is 0 Å². The van der Waals surface area contributed by atoms with Crippen LogP contribution in [0.2, 0.25) is 0 Å². The van der Waals surface area contributed by atoms with Crippen LogP contribution in [0.3, 0.4) is 0 Å². The maximum Gasteiger partial charge on any atom is 0.123 e. The minimum atomic E-state index is 0.283. The van der Waals surface area contributed by atoms with E-state index in [1.54, 1.807) is 14.2 Å². The molecule has 0 aliphatic heterocycles. The Labute approximate surface area is 223 Å². The van der Waals surface area contributed by atoms with Crippen molar-refractivity contribution < 1.29 is 9.47 Å². The lowest BCUT2D eigenvalue weighted by Crippen LogP contribution is -2.02. The maximum absolute atomic E-state index is 5.88. The second-order valence-electron chi connectivity index (χ2n) is 8.56. The number of rotatable bonds is 11. The maximum atomic E-state index is 5.88. The van der Waals surface area contributed by atoms with Gasteiger partial charge in [0.25, 0.3) is 0 Å². The van der Waals surface area contributed by atoms with Crippen LogP contribution in [0.15, 0.2) is 97.1 Å². The lowest BCUT2D eigenvalue weighted by atomic mass is 9.95. The highest BCUT2D eigenvalue weighted by Crippen LogP contribution is 2.54. The number of benzene rings is 4. The molecule has 0 unspecified atom stereocenters. The van der Waals surface area contributed by atoms with Crippen LogP contribution < -0.4 is 9.47 Å². The zero-order valence-electron chi connectivity index (χ0n) is 21.4. The highest BCUT2D eigenvalue weighted by Gasteiger charge is 2.25. The molecule has 0 N–H and O–H groups in total. The summed E-state index contributed by atoms with van der Waals surface area (Å²) in [6.07, 6.45) is 2.01. The molecular formula is C32H34O2S2. The van der Waals surface area contributed by atoms with Crippen LogP contribution in [0.1, 0.15) is 48.3 Å². The molecule has 2 atom stereocenters. The summed E-state index contributed by atoms with van der Waals surface area (Å²) in [7, 11) is 7.43. The Morgan fingerprint density at radius 2 is 0.917 bits per heavy atom. The van der Waals surface area contributed by atoms with E-state index in [1.165, 1.54) is 33.4 Å². The molecule has 0 fully saturated rings. The fraction of sp³-hybridized carbons (Fsp3) is 0.250. The molecular weight excluding hydrogens is 480 g/mol. The fourth-order valence-corrected chi connectivity index (χ4v) is 8.04. The minimum absolute atomic E-state index is 0.283. The number of ether oxygens (including phenoxy) is 2. The van der Waals surface area contributed by atoms with Crippen molar-refractivity contribution in [2.75, 3.05) is 14.2 Å². The third-order valence-electron chi connectivity index (χ3n) is 6.42. The second kappa shape index (κ2) is 12.9. The SMILES string of the molecule is CC[C@@H](SS[C@H](CC)c1c(OC)cccc1-c1ccccc1)c1c(OC)cccc1-c1ccccc1. The standard InChI is InChI=1S/C32H34O2S2/c1-5-29(31-25(19-13-21-27(31)33-3)23-15-9-7-10-16-23)35-36-30(6-2)32-26(20-14-22-28(32)34-4)24-17-11-8-12-18-24/h7-22,29-30H,5-6H2,1-4H3/t29-,30-/m1/s1. The van der Waals surface area contributed by atoms with Gasteiger partial charge in [-0.1, -0.05) is 120 Å². The Kier molecular flexibility index (Phi) is 9.43. The molecule has 0 radical (unpaired) electrons. The van der Waals surface area contributed by atoms with Gasteiger partial charge in [0, 0.05) is 21.6 Å². The van der Waals surface area contributed by atoms with Gasteiger partial charge in [0.05, 0.1) is 14.2 Å². The first-order chi connectivity index (χ1) is 17.7. The topological polar surface area (TPSA) is 18.5 Å². The monoisotopic (exact) mass is 514 g/mol. The third-order valence-corrected chi connectivity index (χ3v) is 9.86. The van der Waals surface area contributed by atoms with Crippen molar-refractivity contribution in [1.29, 1.82) is 0 Å². The molecule has 4 aromatic rings. The van der Waals surface area contributed by atoms with Crippen LogP contribution in [0.4, 0.5) is 0 Å². The largest absolute Gasteiger partial charge is 0.496 e. The lowest BCUT2D eigenvalue weighted by Gasteiger charge is -2.25. The number of hydrogen-bond acceptors (Lipinski definition) is 4. The van der Waals surface area contributed by atoms with E-state index in [1.807, 2.05) is 21.6 Å². The van der Waals surface area contributed by atoms with Crippen molar-refractivity contribution in [1.82, 2.24) is 0 Å². The molecule has 0 saturated heterocycles. The smallest absolute Gasteiger partial charge is 0.123 e. The van der Waals surface area contributed by atoms with E-state index in [9.17, 15) is 0 Å². The van der Waals surface area contributed by atoms with Gasteiger partial charge in [0.15, 0.2) is 0 Å². The van der Waals surface area contributed by atoms with Crippen molar-refractivity contribution >= 4 is 21.6 Å². The van der Waals surface area contributed by atoms with Crippen molar-refractivity contribution in [3.05, 3.63) is 108 Å². The zero-order chi connectivity index (χ0) is 25.3. The van der Waals surface area contributed by atoms with Crippen molar-refractivity contribution in [3.63, 3.8) is 0 Å². The molecule has 2 nitrogen and oxygen atoms in total. The zero-order valence-corrected chi connectivity index (χ0v) is 23.1. The summed E-state index contributed by atoms with van der Waals surface area (Å²) in [5, 5.41) is 0.565. The normalized spacial score (nSPS) is 12.7. The average molecular weight is 515 g/mol. The fourth-order valence-electron chi connectivity index (χ4n) is 4.62. The van der Waals surface area contributed by atoms with Gasteiger partial charge in [-0.3, -0.25) is 0 Å². The first-order valence-electron chi connectivity index (χ1n) is 12.5. The Balaban J connectivity index is 1.69. The quantitative estimate of drug-likeness (QED) is 0.185. The van der Waals surface area contributed by atoms with Crippen LogP contribution in [0, 0.1) is 0 Å². The minimum Gasteiger partial charge on any atom is -0.496 e. The summed E-state index contributed by atoms with van der Waals surface area (Å²) in [5.41, 5.74) is 7.46. The molecule has 4 aromatic carbocycles. The second-order valence-corrected chi connectivity index (χ2v) is 11.2. The molecule has 36 heavy (non-hydrogen) atoms. The molecule has 0 saturated carbocycles. The van der Waals surface area contributed by atoms with E-state index in [0.717, 1.165) is 24.3 Å². The molecule has 0 amide bonds. The van der Waals surface area contributed by atoms with Crippen molar-refractivity contribution in [3.8, 4) is 33.8 Å². The summed E-state index contributed by atoms with van der Waals surface area (Å²) < 4.78 is 11.8. The van der Waals surface area contributed by atoms with Gasteiger partial charge in [-0.25, -0.2) is 0 Å². The van der Waals surface area contributed by atoms with Gasteiger partial charge >= 0.3 is 0 Å². The van der Waals surface area contributed by atoms with Gasteiger partial charge in [-0.15, -0.1) is 0 Å². The van der Waals surface area contributed by atoms with Gasteiger partial charge in [-0.2, -0.15) is 0 Å². The number of methoxy groups -OCH3 is 2. The van der Waals surface area contributed by atoms with E-state index in [-0.39, 0.29) is 10.5 Å². The molecule has 0 aromatic heterocycles. The predicted molar refractivity (Wildman–Crippen MR) is 158 cm³/mol. The Hall–Kier alpha value is -2.82. The van der Waals surface area contributed by atoms with Crippen LogP contribution in [0.25, 0.3) is 22.3 Å². The van der Waals surface area contributed by atoms with E-state index in [4.69, 9.17) is 9.47 Å². The van der Waals surface area contributed by atoms with Crippen LogP contribution in [-0.2, 0) is 0 Å². The van der Waals surface area contributed by atoms with Crippen molar-refractivity contribution in [2.24, 2.45) is 0 Å². The van der Waals surface area contributed by atoms with Crippen LogP contribution in [0.5, 0.6) is 11.5 Å². The van der Waals surface area contributed by atoms with Gasteiger partial charge in [0.1, 0.15) is 11.5 Å². The van der Waals surface area contributed by atoms with Gasteiger partial charge in [-0.05, 0) is 47.2 Å². The van der Waals surface area contributed by atoms with Crippen LogP contribution in [-0.4, -0.2) is 14.2 Å². The first-order valence-corrected chi connectivity index (χ1v) is 14.8. The van der Waals surface area contributed by atoms with E-state index >= 15 is 0 Å². The average Bonchev–Trinajstić information content (AvgIpc) is 2.96. The summed E-state index contributed by atoms with van der Waals surface area (Å²) in [6, 6.07) is 34.0. The third kappa shape index (κ3) is 5.77. The van der Waals surface area contributed by atoms with Crippen molar-refractivity contribution in [2.45, 2.75) is 37.2 Å².